The third-order valence-electron chi connectivity index (χ3n) is 4.80. The Morgan fingerprint density at radius 1 is 1.23 bits per heavy atom. The summed E-state index contributed by atoms with van der Waals surface area (Å²) in [5, 5.41) is 9.64. The van der Waals surface area contributed by atoms with Crippen molar-refractivity contribution in [2.75, 3.05) is 20.8 Å². The van der Waals surface area contributed by atoms with Gasteiger partial charge in [-0.3, -0.25) is 9.69 Å². The van der Waals surface area contributed by atoms with Crippen molar-refractivity contribution in [3.63, 3.8) is 0 Å². The smallest absolute Gasteiger partial charge is 0.320 e. The Labute approximate surface area is 152 Å². The fourth-order valence-electron chi connectivity index (χ4n) is 3.72. The molecule has 0 aromatic heterocycles. The van der Waals surface area contributed by atoms with Gasteiger partial charge in [-0.2, -0.15) is 0 Å². The number of nitrogens with zero attached hydrogens (tertiary/aromatic N) is 1. The third kappa shape index (κ3) is 3.37. The van der Waals surface area contributed by atoms with Crippen LogP contribution in [-0.2, 0) is 4.79 Å². The number of benzene rings is 2. The van der Waals surface area contributed by atoms with Crippen LogP contribution in [0.2, 0.25) is 0 Å². The number of carbonyl (C=O) groups is 1. The van der Waals surface area contributed by atoms with Crippen LogP contribution in [0, 0.1) is 5.82 Å². The highest BCUT2D eigenvalue weighted by molar-refractivity contribution is 5.74. The Kier molecular flexibility index (Phi) is 5.42. The molecule has 0 radical (unpaired) electrons. The average molecular weight is 359 g/mol. The maximum atomic E-state index is 13.9. The summed E-state index contributed by atoms with van der Waals surface area (Å²) >= 11 is 0. The molecule has 2 aromatic carbocycles. The molecule has 2 aromatic rings. The number of para-hydroxylation sites is 1. The van der Waals surface area contributed by atoms with E-state index in [4.69, 9.17) is 9.47 Å². The minimum atomic E-state index is -0.870. The Hall–Kier alpha value is -2.60. The standard InChI is InChI=1S/C20H22FNO4/c1-25-17-10-4-8-15(19(17)26-2)18(13-6-3-7-14(21)12-13)22-11-5-9-16(22)20(23)24/h3-4,6-8,10,12,16,18H,5,9,11H2,1-2H3,(H,23,24). The van der Waals surface area contributed by atoms with Gasteiger partial charge in [-0.15, -0.1) is 0 Å². The molecule has 0 saturated carbocycles. The Bertz CT molecular complexity index is 795. The van der Waals surface area contributed by atoms with Crippen LogP contribution in [-0.4, -0.2) is 42.8 Å². The average Bonchev–Trinajstić information content (AvgIpc) is 3.11. The lowest BCUT2D eigenvalue weighted by Gasteiger charge is -2.33. The molecule has 138 valence electrons. The van der Waals surface area contributed by atoms with E-state index < -0.39 is 18.1 Å². The van der Waals surface area contributed by atoms with Gasteiger partial charge < -0.3 is 14.6 Å². The summed E-state index contributed by atoms with van der Waals surface area (Å²) in [5.41, 5.74) is 1.44. The number of aliphatic carboxylic acids is 1. The van der Waals surface area contributed by atoms with E-state index in [1.165, 1.54) is 12.1 Å². The maximum absolute atomic E-state index is 13.9. The van der Waals surface area contributed by atoms with Crippen LogP contribution in [0.25, 0.3) is 0 Å². The van der Waals surface area contributed by atoms with E-state index in [1.54, 1.807) is 26.4 Å². The Balaban J connectivity index is 2.17. The third-order valence-corrected chi connectivity index (χ3v) is 4.80. The summed E-state index contributed by atoms with van der Waals surface area (Å²) in [4.78, 5) is 13.6. The van der Waals surface area contributed by atoms with Gasteiger partial charge in [0.1, 0.15) is 11.9 Å². The molecule has 0 bridgehead atoms. The molecule has 1 aliphatic rings. The lowest BCUT2D eigenvalue weighted by molar-refractivity contribution is -0.142. The molecule has 1 aliphatic heterocycles. The van der Waals surface area contributed by atoms with Crippen molar-refractivity contribution in [1.82, 2.24) is 4.90 Å². The van der Waals surface area contributed by atoms with Crippen molar-refractivity contribution >= 4 is 5.97 Å². The van der Waals surface area contributed by atoms with Crippen molar-refractivity contribution in [2.45, 2.75) is 24.9 Å². The number of ether oxygens (including phenoxy) is 2. The number of hydrogen-bond donors (Lipinski definition) is 1. The molecular formula is C20H22FNO4. The van der Waals surface area contributed by atoms with Crippen LogP contribution in [0.5, 0.6) is 11.5 Å². The molecule has 1 heterocycles. The van der Waals surface area contributed by atoms with Gasteiger partial charge >= 0.3 is 5.97 Å². The first kappa shape index (κ1) is 18.2. The molecule has 0 amide bonds. The Morgan fingerprint density at radius 3 is 2.65 bits per heavy atom. The Morgan fingerprint density at radius 2 is 2.00 bits per heavy atom. The van der Waals surface area contributed by atoms with Gasteiger partial charge in [0.25, 0.3) is 0 Å². The minimum Gasteiger partial charge on any atom is -0.493 e. The molecule has 1 fully saturated rings. The van der Waals surface area contributed by atoms with E-state index in [-0.39, 0.29) is 5.82 Å². The SMILES string of the molecule is COc1cccc(C(c2cccc(F)c2)N2CCCC2C(=O)O)c1OC. The summed E-state index contributed by atoms with van der Waals surface area (Å²) in [6.07, 6.45) is 1.34. The fraction of sp³-hybridized carbons (Fsp3) is 0.350. The summed E-state index contributed by atoms with van der Waals surface area (Å²) in [6, 6.07) is 10.7. The van der Waals surface area contributed by atoms with Crippen LogP contribution >= 0.6 is 0 Å². The first-order valence-corrected chi connectivity index (χ1v) is 8.51. The predicted octanol–water partition coefficient (Wildman–Crippen LogP) is 3.48. The second-order valence-electron chi connectivity index (χ2n) is 6.27. The number of methoxy groups -OCH3 is 2. The summed E-state index contributed by atoms with van der Waals surface area (Å²) < 4.78 is 24.9. The van der Waals surface area contributed by atoms with Crippen LogP contribution in [0.1, 0.15) is 30.0 Å². The highest BCUT2D eigenvalue weighted by atomic mass is 19.1. The molecule has 1 saturated heterocycles. The van der Waals surface area contributed by atoms with Crippen LogP contribution in [0.3, 0.4) is 0 Å². The number of carboxylic acids is 1. The number of rotatable bonds is 6. The zero-order valence-corrected chi connectivity index (χ0v) is 14.8. The summed E-state index contributed by atoms with van der Waals surface area (Å²) in [6.45, 7) is 0.610. The van der Waals surface area contributed by atoms with Crippen molar-refractivity contribution < 1.29 is 23.8 Å². The quantitative estimate of drug-likeness (QED) is 0.856. The molecule has 1 N–H and O–H groups in total. The number of halogens is 1. The van der Waals surface area contributed by atoms with E-state index in [0.717, 1.165) is 12.0 Å². The second-order valence-corrected chi connectivity index (χ2v) is 6.27. The van der Waals surface area contributed by atoms with Crippen molar-refractivity contribution in [1.29, 1.82) is 0 Å². The second kappa shape index (κ2) is 7.74. The van der Waals surface area contributed by atoms with Crippen LogP contribution < -0.4 is 9.47 Å². The summed E-state index contributed by atoms with van der Waals surface area (Å²) in [7, 11) is 3.09. The summed E-state index contributed by atoms with van der Waals surface area (Å²) in [5.74, 6) is -0.149. The van der Waals surface area contributed by atoms with E-state index in [9.17, 15) is 14.3 Å². The minimum absolute atomic E-state index is 0.361. The number of hydrogen-bond acceptors (Lipinski definition) is 4. The zero-order chi connectivity index (χ0) is 18.7. The van der Waals surface area contributed by atoms with Gasteiger partial charge in [-0.05, 0) is 36.6 Å². The van der Waals surface area contributed by atoms with Gasteiger partial charge in [-0.1, -0.05) is 24.3 Å². The topological polar surface area (TPSA) is 59.0 Å². The van der Waals surface area contributed by atoms with E-state index >= 15 is 0 Å². The molecule has 6 heteroatoms. The number of likely N-dealkylation sites (tertiary alicyclic amines) is 1. The molecule has 2 unspecified atom stereocenters. The van der Waals surface area contributed by atoms with Crippen molar-refractivity contribution in [2.24, 2.45) is 0 Å². The van der Waals surface area contributed by atoms with Gasteiger partial charge in [0.15, 0.2) is 11.5 Å². The normalized spacial score (nSPS) is 18.5. The van der Waals surface area contributed by atoms with Gasteiger partial charge in [0.2, 0.25) is 0 Å². The van der Waals surface area contributed by atoms with Gasteiger partial charge in [0.05, 0.1) is 20.3 Å². The highest BCUT2D eigenvalue weighted by Gasteiger charge is 2.38. The fourth-order valence-corrected chi connectivity index (χ4v) is 3.72. The van der Waals surface area contributed by atoms with Gasteiger partial charge in [0, 0.05) is 12.1 Å². The van der Waals surface area contributed by atoms with Crippen molar-refractivity contribution in [3.05, 3.63) is 59.4 Å². The van der Waals surface area contributed by atoms with Crippen LogP contribution in [0.4, 0.5) is 4.39 Å². The van der Waals surface area contributed by atoms with E-state index in [2.05, 4.69) is 0 Å². The maximum Gasteiger partial charge on any atom is 0.320 e. The first-order valence-electron chi connectivity index (χ1n) is 8.51. The zero-order valence-electron chi connectivity index (χ0n) is 14.8. The van der Waals surface area contributed by atoms with Crippen LogP contribution in [0.15, 0.2) is 42.5 Å². The lowest BCUT2D eigenvalue weighted by atomic mass is 9.95. The molecular weight excluding hydrogens is 337 g/mol. The molecule has 0 aliphatic carbocycles. The largest absolute Gasteiger partial charge is 0.493 e. The molecule has 5 nitrogen and oxygen atoms in total. The first-order chi connectivity index (χ1) is 12.6. The molecule has 2 atom stereocenters. The lowest BCUT2D eigenvalue weighted by Crippen LogP contribution is -2.39. The monoisotopic (exact) mass is 359 g/mol. The number of carboxylic acid groups (broad SMARTS) is 1. The van der Waals surface area contributed by atoms with Crippen molar-refractivity contribution in [3.8, 4) is 11.5 Å². The molecule has 0 spiro atoms. The molecule has 3 rings (SSSR count). The van der Waals surface area contributed by atoms with E-state index in [0.29, 0.717) is 30.0 Å². The molecule has 26 heavy (non-hydrogen) atoms. The predicted molar refractivity (Wildman–Crippen MR) is 95.2 cm³/mol. The van der Waals surface area contributed by atoms with E-state index in [1.807, 2.05) is 23.1 Å². The van der Waals surface area contributed by atoms with Gasteiger partial charge in [-0.25, -0.2) is 4.39 Å². The highest BCUT2D eigenvalue weighted by Crippen LogP contribution is 2.42.